The van der Waals surface area contributed by atoms with Crippen LogP contribution in [0, 0.1) is 0 Å². The second-order valence-electron chi connectivity index (χ2n) is 3.68. The zero-order valence-electron chi connectivity index (χ0n) is 8.40. The minimum Gasteiger partial charge on any atom is -0.302 e. The molecule has 0 aliphatic carbocycles. The van der Waals surface area contributed by atoms with Crippen molar-refractivity contribution < 1.29 is 0 Å². The molecule has 2 heteroatoms. The number of rotatable bonds is 4. The first-order valence-corrected chi connectivity index (χ1v) is 5.36. The normalized spacial score (nSPS) is 24.8. The smallest absolute Gasteiger partial charge is 0.0573 e. The molecule has 12 heavy (non-hydrogen) atoms. The number of nitrogens with one attached hydrogen (secondary N) is 2. The van der Waals surface area contributed by atoms with Gasteiger partial charge in [0, 0.05) is 6.04 Å². The van der Waals surface area contributed by atoms with Gasteiger partial charge in [-0.15, -0.1) is 0 Å². The Morgan fingerprint density at radius 3 is 2.58 bits per heavy atom. The van der Waals surface area contributed by atoms with Crippen molar-refractivity contribution in [2.75, 3.05) is 6.54 Å². The Morgan fingerprint density at radius 1 is 1.33 bits per heavy atom. The Hall–Kier alpha value is -0.0800. The van der Waals surface area contributed by atoms with Crippen molar-refractivity contribution in [3.05, 3.63) is 0 Å². The summed E-state index contributed by atoms with van der Waals surface area (Å²) in [6.07, 6.45) is 7.11. The molecule has 0 aromatic heterocycles. The van der Waals surface area contributed by atoms with E-state index in [0.29, 0.717) is 12.2 Å². The molecule has 1 saturated heterocycles. The van der Waals surface area contributed by atoms with E-state index in [1.807, 2.05) is 0 Å². The molecule has 0 aromatic carbocycles. The largest absolute Gasteiger partial charge is 0.302 e. The lowest BCUT2D eigenvalue weighted by atomic mass is 10.1. The average molecular weight is 170 g/mol. The van der Waals surface area contributed by atoms with E-state index >= 15 is 0 Å². The Morgan fingerprint density at radius 2 is 2.08 bits per heavy atom. The van der Waals surface area contributed by atoms with Crippen LogP contribution in [0.2, 0.25) is 0 Å². The highest BCUT2D eigenvalue weighted by molar-refractivity contribution is 4.74. The molecule has 0 bridgehead atoms. The fourth-order valence-corrected chi connectivity index (χ4v) is 1.80. The van der Waals surface area contributed by atoms with E-state index in [2.05, 4.69) is 24.5 Å². The minimum atomic E-state index is 0.587. The zero-order valence-corrected chi connectivity index (χ0v) is 8.40. The van der Waals surface area contributed by atoms with E-state index in [9.17, 15) is 0 Å². The number of piperidine rings is 1. The van der Waals surface area contributed by atoms with Gasteiger partial charge in [0.1, 0.15) is 0 Å². The molecule has 0 saturated carbocycles. The summed E-state index contributed by atoms with van der Waals surface area (Å²) < 4.78 is 0. The Labute approximate surface area is 76.1 Å². The molecule has 0 spiro atoms. The summed E-state index contributed by atoms with van der Waals surface area (Å²) in [4.78, 5) is 0. The predicted molar refractivity (Wildman–Crippen MR) is 53.1 cm³/mol. The third-order valence-corrected chi connectivity index (χ3v) is 2.73. The lowest BCUT2D eigenvalue weighted by Crippen LogP contribution is -2.49. The Kier molecular flexibility index (Phi) is 4.62. The van der Waals surface area contributed by atoms with Crippen molar-refractivity contribution in [3.63, 3.8) is 0 Å². The highest BCUT2D eigenvalue weighted by atomic mass is 15.1. The first-order valence-electron chi connectivity index (χ1n) is 5.36. The SMILES string of the molecule is CCC(CC)NC1CCCCN1. The van der Waals surface area contributed by atoms with Crippen LogP contribution in [-0.4, -0.2) is 18.8 Å². The zero-order chi connectivity index (χ0) is 8.81. The van der Waals surface area contributed by atoms with Gasteiger partial charge in [-0.05, 0) is 38.6 Å². The van der Waals surface area contributed by atoms with Gasteiger partial charge in [-0.25, -0.2) is 0 Å². The number of hydrogen-bond acceptors (Lipinski definition) is 2. The van der Waals surface area contributed by atoms with Crippen molar-refractivity contribution in [2.24, 2.45) is 0 Å². The summed E-state index contributed by atoms with van der Waals surface area (Å²) >= 11 is 0. The molecule has 2 N–H and O–H groups in total. The van der Waals surface area contributed by atoms with Crippen molar-refractivity contribution in [2.45, 2.75) is 58.2 Å². The average Bonchev–Trinajstić information content (AvgIpc) is 2.16. The molecule has 1 rings (SSSR count). The summed E-state index contributed by atoms with van der Waals surface area (Å²) in [5.74, 6) is 0. The first-order chi connectivity index (χ1) is 5.86. The van der Waals surface area contributed by atoms with Gasteiger partial charge < -0.3 is 5.32 Å². The fraction of sp³-hybridized carbons (Fsp3) is 1.00. The third-order valence-electron chi connectivity index (χ3n) is 2.73. The van der Waals surface area contributed by atoms with Gasteiger partial charge in [-0.2, -0.15) is 0 Å². The van der Waals surface area contributed by atoms with Gasteiger partial charge in [0.25, 0.3) is 0 Å². The van der Waals surface area contributed by atoms with Crippen LogP contribution < -0.4 is 10.6 Å². The van der Waals surface area contributed by atoms with Gasteiger partial charge in [0.15, 0.2) is 0 Å². The molecular formula is C10H22N2. The van der Waals surface area contributed by atoms with E-state index in [4.69, 9.17) is 0 Å². The van der Waals surface area contributed by atoms with Crippen molar-refractivity contribution in [3.8, 4) is 0 Å². The molecule has 1 atom stereocenters. The van der Waals surface area contributed by atoms with Crippen LogP contribution in [0.25, 0.3) is 0 Å². The maximum atomic E-state index is 3.64. The molecule has 1 unspecified atom stereocenters. The molecule has 0 amide bonds. The molecule has 1 heterocycles. The molecule has 0 aromatic rings. The number of hydrogen-bond donors (Lipinski definition) is 2. The molecule has 1 fully saturated rings. The summed E-state index contributed by atoms with van der Waals surface area (Å²) in [5.41, 5.74) is 0. The van der Waals surface area contributed by atoms with E-state index in [1.54, 1.807) is 0 Å². The van der Waals surface area contributed by atoms with Crippen LogP contribution in [0.1, 0.15) is 46.0 Å². The summed E-state index contributed by atoms with van der Waals surface area (Å²) in [7, 11) is 0. The van der Waals surface area contributed by atoms with E-state index in [1.165, 1.54) is 38.6 Å². The van der Waals surface area contributed by atoms with Gasteiger partial charge in [-0.1, -0.05) is 13.8 Å². The predicted octanol–water partition coefficient (Wildman–Crippen LogP) is 1.86. The summed E-state index contributed by atoms with van der Waals surface area (Å²) in [6, 6.07) is 0.709. The van der Waals surface area contributed by atoms with E-state index in [-0.39, 0.29) is 0 Å². The minimum absolute atomic E-state index is 0.587. The maximum absolute atomic E-state index is 3.64. The summed E-state index contributed by atoms with van der Waals surface area (Å²) in [5, 5.41) is 7.15. The van der Waals surface area contributed by atoms with Crippen molar-refractivity contribution >= 4 is 0 Å². The van der Waals surface area contributed by atoms with Crippen LogP contribution in [0.3, 0.4) is 0 Å². The van der Waals surface area contributed by atoms with E-state index < -0.39 is 0 Å². The molecule has 0 radical (unpaired) electrons. The van der Waals surface area contributed by atoms with E-state index in [0.717, 1.165) is 0 Å². The topological polar surface area (TPSA) is 24.1 Å². The molecule has 2 nitrogen and oxygen atoms in total. The standard InChI is InChI=1S/C10H22N2/c1-3-9(4-2)12-10-7-5-6-8-11-10/h9-12H,3-8H2,1-2H3. The molecule has 1 aliphatic rings. The van der Waals surface area contributed by atoms with Crippen LogP contribution in [-0.2, 0) is 0 Å². The highest BCUT2D eigenvalue weighted by Gasteiger charge is 2.14. The highest BCUT2D eigenvalue weighted by Crippen LogP contribution is 2.07. The van der Waals surface area contributed by atoms with Crippen LogP contribution in [0.5, 0.6) is 0 Å². The second kappa shape index (κ2) is 5.55. The van der Waals surface area contributed by atoms with Gasteiger partial charge >= 0.3 is 0 Å². The third kappa shape index (κ3) is 3.11. The summed E-state index contributed by atoms with van der Waals surface area (Å²) in [6.45, 7) is 5.70. The lowest BCUT2D eigenvalue weighted by molar-refractivity contribution is 0.302. The quantitative estimate of drug-likeness (QED) is 0.673. The van der Waals surface area contributed by atoms with Crippen LogP contribution in [0.15, 0.2) is 0 Å². The van der Waals surface area contributed by atoms with Gasteiger partial charge in [-0.3, -0.25) is 5.32 Å². The van der Waals surface area contributed by atoms with Gasteiger partial charge in [0.2, 0.25) is 0 Å². The monoisotopic (exact) mass is 170 g/mol. The van der Waals surface area contributed by atoms with Crippen molar-refractivity contribution in [1.82, 2.24) is 10.6 Å². The molecule has 1 aliphatic heterocycles. The fourth-order valence-electron chi connectivity index (χ4n) is 1.80. The second-order valence-corrected chi connectivity index (χ2v) is 3.68. The van der Waals surface area contributed by atoms with Crippen LogP contribution in [0.4, 0.5) is 0 Å². The van der Waals surface area contributed by atoms with Crippen molar-refractivity contribution in [1.29, 1.82) is 0 Å². The lowest BCUT2D eigenvalue weighted by Gasteiger charge is -2.28. The van der Waals surface area contributed by atoms with Gasteiger partial charge in [0.05, 0.1) is 6.17 Å². The van der Waals surface area contributed by atoms with Crippen LogP contribution >= 0.6 is 0 Å². The Bertz CT molecular complexity index is 104. The Balaban J connectivity index is 2.18. The molecular weight excluding hydrogens is 148 g/mol. The molecule has 72 valence electrons. The maximum Gasteiger partial charge on any atom is 0.0573 e. The first kappa shape index (κ1) is 10.0.